The van der Waals surface area contributed by atoms with Crippen LogP contribution in [-0.2, 0) is 24.5 Å². The second-order valence-electron chi connectivity index (χ2n) is 5.17. The largest absolute Gasteiger partial charge is 0.468 e. The molecule has 0 fully saturated rings. The fraction of sp³-hybridized carbons (Fsp3) is 0.357. The molecule has 0 aliphatic heterocycles. The maximum absolute atomic E-state index is 12.7. The van der Waals surface area contributed by atoms with Gasteiger partial charge < -0.3 is 9.73 Å². The second-order valence-corrected chi connectivity index (χ2v) is 10.7. The van der Waals surface area contributed by atoms with Crippen molar-refractivity contribution < 1.29 is 26.0 Å². The summed E-state index contributed by atoms with van der Waals surface area (Å²) >= 11 is 1.08. The highest BCUT2D eigenvalue weighted by Crippen LogP contribution is 2.31. The zero-order chi connectivity index (χ0) is 17.8. The minimum Gasteiger partial charge on any atom is -0.468 e. The van der Waals surface area contributed by atoms with Crippen LogP contribution in [-0.4, -0.2) is 41.3 Å². The van der Waals surface area contributed by atoms with Crippen LogP contribution >= 0.6 is 11.3 Å². The monoisotopic (exact) mass is 391 g/mol. The molecule has 2 heterocycles. The molecule has 2 rings (SSSR count). The maximum Gasteiger partial charge on any atom is 0.221 e. The van der Waals surface area contributed by atoms with Gasteiger partial charge in [0.2, 0.25) is 5.91 Å². The van der Waals surface area contributed by atoms with Gasteiger partial charge in [-0.2, -0.15) is 0 Å². The van der Waals surface area contributed by atoms with Crippen molar-refractivity contribution in [1.29, 1.82) is 0 Å². The lowest BCUT2D eigenvalue weighted by Crippen LogP contribution is -2.32. The quantitative estimate of drug-likeness (QED) is 0.728. The van der Waals surface area contributed by atoms with Crippen molar-refractivity contribution in [2.45, 2.75) is 15.9 Å². The molecule has 0 radical (unpaired) electrons. The van der Waals surface area contributed by atoms with Gasteiger partial charge in [0.15, 0.2) is 9.84 Å². The Labute approximate surface area is 144 Å². The molecule has 0 aromatic carbocycles. The topological polar surface area (TPSA) is 111 Å². The van der Waals surface area contributed by atoms with E-state index < -0.39 is 30.8 Å². The van der Waals surface area contributed by atoms with Gasteiger partial charge in [-0.1, -0.05) is 6.07 Å². The molecule has 0 saturated carbocycles. The van der Waals surface area contributed by atoms with Crippen LogP contribution < -0.4 is 5.32 Å². The van der Waals surface area contributed by atoms with Crippen LogP contribution in [0.3, 0.4) is 0 Å². The first-order valence-corrected chi connectivity index (χ1v) is 11.4. The summed E-state index contributed by atoms with van der Waals surface area (Å²) < 4.78 is 53.0. The van der Waals surface area contributed by atoms with Crippen molar-refractivity contribution >= 4 is 36.9 Å². The summed E-state index contributed by atoms with van der Waals surface area (Å²) in [5.41, 5.74) is 0. The molecule has 0 saturated heterocycles. The van der Waals surface area contributed by atoms with Gasteiger partial charge in [-0.05, 0) is 23.6 Å². The van der Waals surface area contributed by atoms with Crippen molar-refractivity contribution in [3.8, 4) is 0 Å². The molecule has 7 nitrogen and oxygen atoms in total. The Bertz CT molecular complexity index is 867. The van der Waals surface area contributed by atoms with Crippen molar-refractivity contribution in [2.75, 3.05) is 18.6 Å². The molecule has 1 amide bonds. The highest BCUT2D eigenvalue weighted by molar-refractivity contribution is 7.93. The number of hydrogen-bond acceptors (Lipinski definition) is 7. The molecule has 132 valence electrons. The molecule has 0 spiro atoms. The molecule has 0 aliphatic rings. The summed E-state index contributed by atoms with van der Waals surface area (Å²) in [6.45, 7) is -0.198. The zero-order valence-electron chi connectivity index (χ0n) is 12.8. The molecule has 10 heteroatoms. The van der Waals surface area contributed by atoms with Gasteiger partial charge in [0.25, 0.3) is 0 Å². The lowest BCUT2D eigenvalue weighted by Gasteiger charge is -2.15. The highest BCUT2D eigenvalue weighted by Gasteiger charge is 2.32. The third-order valence-corrected chi connectivity index (χ3v) is 7.63. The SMILES string of the molecule is CS(=O)(=O)CCC(=O)NCC(c1ccco1)S(=O)(=O)c1cccs1. The summed E-state index contributed by atoms with van der Waals surface area (Å²) in [5, 5.41) is 3.05. The van der Waals surface area contributed by atoms with Gasteiger partial charge >= 0.3 is 0 Å². The predicted molar refractivity (Wildman–Crippen MR) is 90.3 cm³/mol. The third-order valence-electron chi connectivity index (χ3n) is 3.20. The average Bonchev–Trinajstić information content (AvgIpc) is 3.17. The van der Waals surface area contributed by atoms with Crippen LogP contribution in [0.1, 0.15) is 17.4 Å². The van der Waals surface area contributed by atoms with E-state index >= 15 is 0 Å². The van der Waals surface area contributed by atoms with E-state index in [2.05, 4.69) is 5.32 Å². The van der Waals surface area contributed by atoms with Crippen molar-refractivity contribution in [3.63, 3.8) is 0 Å². The van der Waals surface area contributed by atoms with Crippen molar-refractivity contribution in [1.82, 2.24) is 5.32 Å². The number of carbonyl (C=O) groups is 1. The number of hydrogen-bond donors (Lipinski definition) is 1. The summed E-state index contributed by atoms with van der Waals surface area (Å²) in [4.78, 5) is 11.8. The normalized spacial score (nSPS) is 13.5. The molecule has 0 bridgehead atoms. The van der Waals surface area contributed by atoms with Gasteiger partial charge in [0.05, 0.1) is 12.0 Å². The maximum atomic E-state index is 12.7. The van der Waals surface area contributed by atoms with E-state index in [4.69, 9.17) is 4.42 Å². The summed E-state index contributed by atoms with van der Waals surface area (Å²) in [6.07, 6.45) is 2.17. The van der Waals surface area contributed by atoms with E-state index in [1.165, 1.54) is 18.4 Å². The Morgan fingerprint density at radius 3 is 2.54 bits per heavy atom. The van der Waals surface area contributed by atoms with Crippen LogP contribution in [0.4, 0.5) is 0 Å². The first kappa shape index (κ1) is 18.7. The summed E-state index contributed by atoms with van der Waals surface area (Å²) in [5.74, 6) is -0.604. The third kappa shape index (κ3) is 4.92. The minimum atomic E-state index is -3.73. The first-order chi connectivity index (χ1) is 11.2. The molecule has 1 unspecified atom stereocenters. The Kier molecular flexibility index (Phi) is 5.83. The smallest absolute Gasteiger partial charge is 0.221 e. The van der Waals surface area contributed by atoms with Crippen molar-refractivity contribution in [2.24, 2.45) is 0 Å². The molecule has 2 aromatic heterocycles. The lowest BCUT2D eigenvalue weighted by molar-refractivity contribution is -0.120. The molecular weight excluding hydrogens is 374 g/mol. The van der Waals surface area contributed by atoms with E-state index in [0.29, 0.717) is 0 Å². The van der Waals surface area contributed by atoms with Crippen LogP contribution in [0, 0.1) is 0 Å². The Morgan fingerprint density at radius 1 is 1.25 bits per heavy atom. The van der Waals surface area contributed by atoms with Crippen LogP contribution in [0.25, 0.3) is 0 Å². The average molecular weight is 391 g/mol. The number of thiophene rings is 1. The predicted octanol–water partition coefficient (Wildman–Crippen LogP) is 1.41. The van der Waals surface area contributed by atoms with Crippen LogP contribution in [0.15, 0.2) is 44.5 Å². The van der Waals surface area contributed by atoms with Crippen LogP contribution in [0.5, 0.6) is 0 Å². The molecule has 1 N–H and O–H groups in total. The van der Waals surface area contributed by atoms with E-state index in [0.717, 1.165) is 17.6 Å². The van der Waals surface area contributed by atoms with Gasteiger partial charge in [0, 0.05) is 19.2 Å². The molecule has 24 heavy (non-hydrogen) atoms. The van der Waals surface area contributed by atoms with E-state index in [1.807, 2.05) is 0 Å². The Balaban J connectivity index is 2.13. The number of amides is 1. The Hall–Kier alpha value is -1.65. The molecular formula is C14H17NO6S3. The lowest BCUT2D eigenvalue weighted by atomic mass is 10.3. The van der Waals surface area contributed by atoms with Gasteiger partial charge in [-0.3, -0.25) is 4.79 Å². The number of furan rings is 1. The molecule has 0 aliphatic carbocycles. The fourth-order valence-electron chi connectivity index (χ4n) is 1.98. The zero-order valence-corrected chi connectivity index (χ0v) is 15.3. The van der Waals surface area contributed by atoms with Gasteiger partial charge in [0.1, 0.15) is 25.1 Å². The fourth-order valence-corrected chi connectivity index (χ4v) is 5.32. The van der Waals surface area contributed by atoms with E-state index in [9.17, 15) is 21.6 Å². The number of nitrogens with one attached hydrogen (secondary N) is 1. The summed E-state index contributed by atoms with van der Waals surface area (Å²) in [7, 11) is -6.99. The second kappa shape index (κ2) is 7.49. The van der Waals surface area contributed by atoms with E-state index in [1.54, 1.807) is 17.5 Å². The van der Waals surface area contributed by atoms with Gasteiger partial charge in [-0.25, -0.2) is 16.8 Å². The molecule has 2 aromatic rings. The van der Waals surface area contributed by atoms with Crippen LogP contribution in [0.2, 0.25) is 0 Å². The summed E-state index contributed by atoms with van der Waals surface area (Å²) in [6, 6.07) is 6.21. The van der Waals surface area contributed by atoms with Gasteiger partial charge in [-0.15, -0.1) is 11.3 Å². The number of sulfone groups is 2. The highest BCUT2D eigenvalue weighted by atomic mass is 32.2. The first-order valence-electron chi connectivity index (χ1n) is 6.95. The molecule has 1 atom stereocenters. The standard InChI is InChI=1S/C14H17NO6S3/c1-23(17,18)9-6-13(16)15-10-12(11-4-2-7-21-11)24(19,20)14-5-3-8-22-14/h2-5,7-8,12H,6,9-10H2,1H3,(H,15,16). The minimum absolute atomic E-state index is 0.175. The van der Waals surface area contributed by atoms with E-state index in [-0.39, 0.29) is 28.7 Å². The Morgan fingerprint density at radius 2 is 2.00 bits per heavy atom. The van der Waals surface area contributed by atoms with Crippen molar-refractivity contribution in [3.05, 3.63) is 41.7 Å². The number of rotatable bonds is 8. The number of carbonyl (C=O) groups excluding carboxylic acids is 1.